The molecule has 1 saturated heterocycles. The number of sulfonamides is 1. The van der Waals surface area contributed by atoms with E-state index in [0.717, 1.165) is 28.4 Å². The SMILES string of the molecule is Cc1ccc(-c2c(N3CCN(S(=O)(=O)C(C)C)CC3)cnn(-c3cc(F)cc(F)c3)c2=O)cc1. The van der Waals surface area contributed by atoms with Crippen molar-refractivity contribution >= 4 is 15.7 Å². The molecule has 7 nitrogen and oxygen atoms in total. The number of nitrogens with zero attached hydrogens (tertiary/aromatic N) is 4. The molecule has 0 spiro atoms. The van der Waals surface area contributed by atoms with Gasteiger partial charge in [-0.1, -0.05) is 29.8 Å². The molecule has 1 fully saturated rings. The van der Waals surface area contributed by atoms with E-state index in [0.29, 0.717) is 29.9 Å². The van der Waals surface area contributed by atoms with Crippen molar-refractivity contribution < 1.29 is 17.2 Å². The minimum atomic E-state index is -3.38. The molecule has 0 bridgehead atoms. The average Bonchev–Trinajstić information content (AvgIpc) is 2.79. The lowest BCUT2D eigenvalue weighted by atomic mass is 10.0. The van der Waals surface area contributed by atoms with Crippen LogP contribution in [0.2, 0.25) is 0 Å². The molecule has 0 unspecified atom stereocenters. The number of piperazine rings is 1. The summed E-state index contributed by atoms with van der Waals surface area (Å²) in [6.07, 6.45) is 1.49. The highest BCUT2D eigenvalue weighted by atomic mass is 32.2. The van der Waals surface area contributed by atoms with Crippen LogP contribution in [0.4, 0.5) is 14.5 Å². The fourth-order valence-corrected chi connectivity index (χ4v) is 5.27. The van der Waals surface area contributed by atoms with Gasteiger partial charge in [-0.2, -0.15) is 14.1 Å². The summed E-state index contributed by atoms with van der Waals surface area (Å²) in [5, 5.41) is 3.69. The van der Waals surface area contributed by atoms with E-state index in [1.165, 1.54) is 10.5 Å². The third-order valence-corrected chi connectivity index (χ3v) is 8.20. The lowest BCUT2D eigenvalue weighted by Crippen LogP contribution is -2.50. The van der Waals surface area contributed by atoms with Crippen LogP contribution in [0.15, 0.2) is 53.5 Å². The molecule has 1 aliphatic heterocycles. The van der Waals surface area contributed by atoms with E-state index in [9.17, 15) is 22.0 Å². The van der Waals surface area contributed by atoms with Crippen molar-refractivity contribution in [3.8, 4) is 16.8 Å². The van der Waals surface area contributed by atoms with Gasteiger partial charge >= 0.3 is 0 Å². The first kappa shape index (κ1) is 24.0. The predicted molar refractivity (Wildman–Crippen MR) is 128 cm³/mol. The standard InChI is InChI=1S/C24H26F2N4O3S/c1-16(2)34(32,33)29-10-8-28(9-11-29)22-15-27-30(21-13-19(25)12-20(26)14-21)24(31)23(22)18-6-4-17(3)5-7-18/h4-7,12-16H,8-11H2,1-3H3. The molecule has 34 heavy (non-hydrogen) atoms. The molecule has 0 atom stereocenters. The van der Waals surface area contributed by atoms with E-state index in [4.69, 9.17) is 0 Å². The second-order valence-electron chi connectivity index (χ2n) is 8.60. The molecule has 1 aliphatic rings. The van der Waals surface area contributed by atoms with Gasteiger partial charge in [-0.25, -0.2) is 17.2 Å². The largest absolute Gasteiger partial charge is 0.367 e. The maximum absolute atomic E-state index is 13.8. The Labute approximate surface area is 197 Å². The smallest absolute Gasteiger partial charge is 0.281 e. The molecule has 0 saturated carbocycles. The van der Waals surface area contributed by atoms with Gasteiger partial charge in [0.25, 0.3) is 5.56 Å². The van der Waals surface area contributed by atoms with Gasteiger partial charge in [-0.05, 0) is 38.5 Å². The van der Waals surface area contributed by atoms with E-state index in [1.54, 1.807) is 13.8 Å². The third kappa shape index (κ3) is 4.60. The molecule has 3 aromatic rings. The fraction of sp³-hybridized carbons (Fsp3) is 0.333. The van der Waals surface area contributed by atoms with Crippen molar-refractivity contribution in [2.75, 3.05) is 31.1 Å². The number of hydrogen-bond donors (Lipinski definition) is 0. The van der Waals surface area contributed by atoms with Crippen LogP contribution in [0.3, 0.4) is 0 Å². The number of benzene rings is 2. The molecule has 0 amide bonds. The highest BCUT2D eigenvalue weighted by Gasteiger charge is 2.31. The highest BCUT2D eigenvalue weighted by Crippen LogP contribution is 2.29. The van der Waals surface area contributed by atoms with E-state index >= 15 is 0 Å². The molecule has 1 aromatic heterocycles. The predicted octanol–water partition coefficient (Wildman–Crippen LogP) is 3.35. The molecule has 0 N–H and O–H groups in total. The van der Waals surface area contributed by atoms with Crippen molar-refractivity contribution in [2.45, 2.75) is 26.0 Å². The fourth-order valence-electron chi connectivity index (χ4n) is 4.00. The van der Waals surface area contributed by atoms with Crippen LogP contribution in [0, 0.1) is 18.6 Å². The Kier molecular flexibility index (Phi) is 6.55. The number of hydrogen-bond acceptors (Lipinski definition) is 5. The van der Waals surface area contributed by atoms with Crippen molar-refractivity contribution in [2.24, 2.45) is 0 Å². The summed E-state index contributed by atoms with van der Waals surface area (Å²) in [6.45, 7) is 6.55. The van der Waals surface area contributed by atoms with Gasteiger partial charge in [-0.15, -0.1) is 0 Å². The first-order valence-corrected chi connectivity index (χ1v) is 12.5. The minimum absolute atomic E-state index is 0.0183. The highest BCUT2D eigenvalue weighted by molar-refractivity contribution is 7.89. The molecular weight excluding hydrogens is 462 g/mol. The van der Waals surface area contributed by atoms with Crippen molar-refractivity contribution in [1.82, 2.24) is 14.1 Å². The van der Waals surface area contributed by atoms with Gasteiger partial charge in [0, 0.05) is 32.2 Å². The molecule has 180 valence electrons. The van der Waals surface area contributed by atoms with Crippen LogP contribution in [0.1, 0.15) is 19.4 Å². The van der Waals surface area contributed by atoms with Crippen LogP contribution in [-0.2, 0) is 10.0 Å². The Bertz CT molecular complexity index is 1340. The van der Waals surface area contributed by atoms with E-state index < -0.39 is 32.5 Å². The molecule has 4 rings (SSSR count). The third-order valence-electron chi connectivity index (χ3n) is 5.92. The van der Waals surface area contributed by atoms with E-state index in [1.807, 2.05) is 36.1 Å². The number of rotatable bonds is 5. The van der Waals surface area contributed by atoms with E-state index in [2.05, 4.69) is 5.10 Å². The molecule has 0 aliphatic carbocycles. The average molecular weight is 489 g/mol. The molecule has 0 radical (unpaired) electrons. The lowest BCUT2D eigenvalue weighted by Gasteiger charge is -2.36. The zero-order valence-electron chi connectivity index (χ0n) is 19.2. The number of aryl methyl sites for hydroxylation is 1. The Morgan fingerprint density at radius 1 is 0.941 bits per heavy atom. The topological polar surface area (TPSA) is 75.5 Å². The number of anilines is 1. The Hall–Kier alpha value is -3.11. The van der Waals surface area contributed by atoms with Crippen LogP contribution >= 0.6 is 0 Å². The van der Waals surface area contributed by atoms with Gasteiger partial charge in [0.15, 0.2) is 0 Å². The van der Waals surface area contributed by atoms with Gasteiger partial charge in [-0.3, -0.25) is 4.79 Å². The van der Waals surface area contributed by atoms with Crippen molar-refractivity contribution in [3.05, 3.63) is 76.2 Å². The minimum Gasteiger partial charge on any atom is -0.367 e. The second kappa shape index (κ2) is 9.27. The summed E-state index contributed by atoms with van der Waals surface area (Å²) >= 11 is 0. The Balaban J connectivity index is 1.78. The van der Waals surface area contributed by atoms with Crippen molar-refractivity contribution in [3.63, 3.8) is 0 Å². The summed E-state index contributed by atoms with van der Waals surface area (Å²) in [4.78, 5) is 15.5. The Morgan fingerprint density at radius 3 is 2.09 bits per heavy atom. The summed E-state index contributed by atoms with van der Waals surface area (Å²) in [6, 6.07) is 10.2. The number of aromatic nitrogens is 2. The van der Waals surface area contributed by atoms with Gasteiger partial charge < -0.3 is 4.90 Å². The van der Waals surface area contributed by atoms with E-state index in [-0.39, 0.29) is 18.8 Å². The number of halogens is 2. The van der Waals surface area contributed by atoms with Crippen LogP contribution in [0.25, 0.3) is 16.8 Å². The zero-order chi connectivity index (χ0) is 24.6. The van der Waals surface area contributed by atoms with Gasteiger partial charge in [0.1, 0.15) is 11.6 Å². The first-order chi connectivity index (χ1) is 16.1. The van der Waals surface area contributed by atoms with Gasteiger partial charge in [0.05, 0.1) is 28.4 Å². The summed E-state index contributed by atoms with van der Waals surface area (Å²) in [5.74, 6) is -1.63. The monoisotopic (exact) mass is 488 g/mol. The van der Waals surface area contributed by atoms with Crippen LogP contribution in [-0.4, -0.2) is 53.9 Å². The summed E-state index contributed by atoms with van der Waals surface area (Å²) in [5.41, 5.74) is 1.98. The second-order valence-corrected chi connectivity index (χ2v) is 11.1. The summed E-state index contributed by atoms with van der Waals surface area (Å²) in [7, 11) is -3.38. The van der Waals surface area contributed by atoms with Crippen LogP contribution in [0.5, 0.6) is 0 Å². The van der Waals surface area contributed by atoms with Gasteiger partial charge in [0.2, 0.25) is 10.0 Å². The Morgan fingerprint density at radius 2 is 1.53 bits per heavy atom. The summed E-state index contributed by atoms with van der Waals surface area (Å²) < 4.78 is 55.2. The maximum atomic E-state index is 13.8. The lowest BCUT2D eigenvalue weighted by molar-refractivity contribution is 0.381. The molecule has 2 heterocycles. The quantitative estimate of drug-likeness (QED) is 0.551. The van der Waals surface area contributed by atoms with Crippen LogP contribution < -0.4 is 10.5 Å². The molecule has 2 aromatic carbocycles. The zero-order valence-corrected chi connectivity index (χ0v) is 20.0. The normalized spacial score (nSPS) is 15.2. The first-order valence-electron chi connectivity index (χ1n) is 11.0. The maximum Gasteiger partial charge on any atom is 0.281 e. The molecular formula is C24H26F2N4O3S. The molecule has 10 heteroatoms. The van der Waals surface area contributed by atoms with Crippen molar-refractivity contribution in [1.29, 1.82) is 0 Å².